The zero-order valence-electron chi connectivity index (χ0n) is 9.50. The molecule has 1 aliphatic carbocycles. The van der Waals surface area contributed by atoms with Crippen LogP contribution in [0.3, 0.4) is 0 Å². The van der Waals surface area contributed by atoms with Crippen LogP contribution in [0.1, 0.15) is 32.1 Å². The normalized spacial score (nSPS) is 18.5. The predicted octanol–water partition coefficient (Wildman–Crippen LogP) is 0.657. The molecule has 0 bridgehead atoms. The smallest absolute Gasteiger partial charge is 0.234 e. The third-order valence-electron chi connectivity index (χ3n) is 3.14. The van der Waals surface area contributed by atoms with Gasteiger partial charge < -0.3 is 15.8 Å². The number of primary amides is 1. The van der Waals surface area contributed by atoms with E-state index in [9.17, 15) is 4.79 Å². The lowest BCUT2D eigenvalue weighted by Crippen LogP contribution is -2.39. The third kappa shape index (κ3) is 4.62. The first-order valence-electron chi connectivity index (χ1n) is 5.78. The summed E-state index contributed by atoms with van der Waals surface area (Å²) in [4.78, 5) is 10.9. The van der Waals surface area contributed by atoms with E-state index in [2.05, 4.69) is 5.32 Å². The maximum atomic E-state index is 10.9. The highest BCUT2D eigenvalue weighted by Crippen LogP contribution is 2.29. The number of likely N-dealkylation sites (N-methyl/N-ethyl adjacent to an activating group) is 1. The van der Waals surface area contributed by atoms with E-state index in [0.29, 0.717) is 13.0 Å². The topological polar surface area (TPSA) is 64.3 Å². The van der Waals surface area contributed by atoms with Gasteiger partial charge in [-0.25, -0.2) is 0 Å². The number of rotatable bonds is 8. The first-order chi connectivity index (χ1) is 7.24. The second kappa shape index (κ2) is 6.80. The van der Waals surface area contributed by atoms with Crippen LogP contribution in [0.15, 0.2) is 0 Å². The second-order valence-electron chi connectivity index (χ2n) is 4.23. The van der Waals surface area contributed by atoms with E-state index in [1.165, 1.54) is 25.7 Å². The molecule has 0 radical (unpaired) electrons. The number of amides is 1. The Hall–Kier alpha value is -0.610. The van der Waals surface area contributed by atoms with Gasteiger partial charge in [-0.2, -0.15) is 0 Å². The van der Waals surface area contributed by atoms with Crippen molar-refractivity contribution in [3.8, 4) is 0 Å². The molecule has 0 aliphatic heterocycles. The van der Waals surface area contributed by atoms with Gasteiger partial charge >= 0.3 is 0 Å². The van der Waals surface area contributed by atoms with Crippen molar-refractivity contribution in [2.45, 2.75) is 38.1 Å². The molecule has 1 saturated carbocycles. The van der Waals surface area contributed by atoms with Crippen LogP contribution in [0.2, 0.25) is 0 Å². The predicted molar refractivity (Wildman–Crippen MR) is 59.4 cm³/mol. The largest absolute Gasteiger partial charge is 0.381 e. The summed E-state index contributed by atoms with van der Waals surface area (Å²) in [5.74, 6) is 0.585. The molecular weight excluding hydrogens is 192 g/mol. The minimum absolute atomic E-state index is 0.256. The molecule has 4 heteroatoms. The Bertz CT molecular complexity index is 193. The maximum absolute atomic E-state index is 10.9. The lowest BCUT2D eigenvalue weighted by molar-refractivity contribution is -0.120. The molecular formula is C11H22N2O2. The van der Waals surface area contributed by atoms with Gasteiger partial charge in [-0.1, -0.05) is 19.3 Å². The Balaban J connectivity index is 1.92. The number of nitrogens with two attached hydrogens (primary N) is 1. The Kier molecular flexibility index (Phi) is 5.65. The van der Waals surface area contributed by atoms with Crippen LogP contribution in [0.5, 0.6) is 0 Å². The second-order valence-corrected chi connectivity index (χ2v) is 4.23. The highest BCUT2D eigenvalue weighted by atomic mass is 16.5. The Labute approximate surface area is 91.5 Å². The van der Waals surface area contributed by atoms with Crippen molar-refractivity contribution in [2.24, 2.45) is 11.7 Å². The summed E-state index contributed by atoms with van der Waals surface area (Å²) in [6.07, 6.45) is 5.94. The SMILES string of the molecule is CNC(CCOCCC1CCC1)C(N)=O. The summed E-state index contributed by atoms with van der Waals surface area (Å²) in [5.41, 5.74) is 5.18. The maximum Gasteiger partial charge on any atom is 0.234 e. The quantitative estimate of drug-likeness (QED) is 0.583. The van der Waals surface area contributed by atoms with Crippen LogP contribution in [0, 0.1) is 5.92 Å². The van der Waals surface area contributed by atoms with Crippen LogP contribution in [-0.2, 0) is 9.53 Å². The van der Waals surface area contributed by atoms with Crippen molar-refractivity contribution in [3.63, 3.8) is 0 Å². The number of carbonyl (C=O) groups is 1. The number of nitrogens with one attached hydrogen (secondary N) is 1. The fourth-order valence-electron chi connectivity index (χ4n) is 1.76. The third-order valence-corrected chi connectivity index (χ3v) is 3.14. The lowest BCUT2D eigenvalue weighted by Gasteiger charge is -2.25. The van der Waals surface area contributed by atoms with E-state index >= 15 is 0 Å². The van der Waals surface area contributed by atoms with Gasteiger partial charge in [0.25, 0.3) is 0 Å². The fourth-order valence-corrected chi connectivity index (χ4v) is 1.76. The van der Waals surface area contributed by atoms with E-state index in [1.807, 2.05) is 0 Å². The zero-order chi connectivity index (χ0) is 11.1. The molecule has 1 atom stereocenters. The van der Waals surface area contributed by atoms with Gasteiger partial charge in [-0.15, -0.1) is 0 Å². The van der Waals surface area contributed by atoms with Crippen molar-refractivity contribution in [3.05, 3.63) is 0 Å². The summed E-state index contributed by atoms with van der Waals surface area (Å²) >= 11 is 0. The first kappa shape index (κ1) is 12.5. The monoisotopic (exact) mass is 214 g/mol. The Morgan fingerprint density at radius 3 is 2.73 bits per heavy atom. The van der Waals surface area contributed by atoms with E-state index in [4.69, 9.17) is 10.5 Å². The van der Waals surface area contributed by atoms with Gasteiger partial charge in [0.05, 0.1) is 6.04 Å². The van der Waals surface area contributed by atoms with E-state index < -0.39 is 0 Å². The fraction of sp³-hybridized carbons (Fsp3) is 0.909. The van der Waals surface area contributed by atoms with Crippen LogP contribution in [-0.4, -0.2) is 32.2 Å². The van der Waals surface area contributed by atoms with Gasteiger partial charge in [0.2, 0.25) is 5.91 Å². The summed E-state index contributed by atoms with van der Waals surface area (Å²) in [7, 11) is 1.74. The molecule has 0 saturated heterocycles. The molecule has 0 aromatic carbocycles. The molecule has 1 fully saturated rings. The molecule has 15 heavy (non-hydrogen) atoms. The first-order valence-corrected chi connectivity index (χ1v) is 5.78. The lowest BCUT2D eigenvalue weighted by atomic mass is 9.83. The van der Waals surface area contributed by atoms with Crippen molar-refractivity contribution in [1.29, 1.82) is 0 Å². The average molecular weight is 214 g/mol. The van der Waals surface area contributed by atoms with Gasteiger partial charge in [0, 0.05) is 13.2 Å². The molecule has 1 aliphatic rings. The van der Waals surface area contributed by atoms with Crippen LogP contribution < -0.4 is 11.1 Å². The standard InChI is InChI=1S/C11H22N2O2/c1-13-10(11(12)14)6-8-15-7-5-9-3-2-4-9/h9-10,13H,2-8H2,1H3,(H2,12,14). The molecule has 4 nitrogen and oxygen atoms in total. The molecule has 0 spiro atoms. The highest BCUT2D eigenvalue weighted by Gasteiger charge is 2.17. The molecule has 1 unspecified atom stereocenters. The van der Waals surface area contributed by atoms with E-state index in [1.54, 1.807) is 7.05 Å². The van der Waals surface area contributed by atoms with E-state index in [-0.39, 0.29) is 11.9 Å². The van der Waals surface area contributed by atoms with Crippen LogP contribution in [0.25, 0.3) is 0 Å². The summed E-state index contributed by atoms with van der Waals surface area (Å²) in [6.45, 7) is 1.43. The minimum atomic E-state index is -0.305. The van der Waals surface area contributed by atoms with Crippen molar-refractivity contribution < 1.29 is 9.53 Å². The van der Waals surface area contributed by atoms with Crippen molar-refractivity contribution >= 4 is 5.91 Å². The summed E-state index contributed by atoms with van der Waals surface area (Å²) < 4.78 is 5.47. The summed E-state index contributed by atoms with van der Waals surface area (Å²) in [5, 5.41) is 2.87. The zero-order valence-corrected chi connectivity index (χ0v) is 9.50. The molecule has 0 aromatic heterocycles. The number of carbonyl (C=O) groups excluding carboxylic acids is 1. The molecule has 3 N–H and O–H groups in total. The van der Waals surface area contributed by atoms with Crippen LogP contribution >= 0.6 is 0 Å². The summed E-state index contributed by atoms with van der Waals surface area (Å²) in [6, 6.07) is -0.256. The molecule has 1 rings (SSSR count). The minimum Gasteiger partial charge on any atom is -0.381 e. The molecule has 0 heterocycles. The van der Waals surface area contributed by atoms with Crippen molar-refractivity contribution in [1.82, 2.24) is 5.32 Å². The number of hydrogen-bond acceptors (Lipinski definition) is 3. The Morgan fingerprint density at radius 1 is 1.53 bits per heavy atom. The van der Waals surface area contributed by atoms with E-state index in [0.717, 1.165) is 12.5 Å². The van der Waals surface area contributed by atoms with Crippen molar-refractivity contribution in [2.75, 3.05) is 20.3 Å². The van der Waals surface area contributed by atoms with Gasteiger partial charge in [0.1, 0.15) is 0 Å². The highest BCUT2D eigenvalue weighted by molar-refractivity contribution is 5.79. The number of hydrogen-bond donors (Lipinski definition) is 2. The van der Waals surface area contributed by atoms with Gasteiger partial charge in [0.15, 0.2) is 0 Å². The average Bonchev–Trinajstić information content (AvgIpc) is 2.13. The molecule has 88 valence electrons. The van der Waals surface area contributed by atoms with Gasteiger partial charge in [-0.3, -0.25) is 4.79 Å². The molecule has 1 amide bonds. The molecule has 0 aromatic rings. The Morgan fingerprint density at radius 2 is 2.27 bits per heavy atom. The number of ether oxygens (including phenoxy) is 1. The van der Waals surface area contributed by atoms with Crippen LogP contribution in [0.4, 0.5) is 0 Å². The van der Waals surface area contributed by atoms with Gasteiger partial charge in [-0.05, 0) is 25.8 Å².